The van der Waals surface area contributed by atoms with Crippen LogP contribution < -0.4 is 16.2 Å². The number of amidine groups is 1. The lowest BCUT2D eigenvalue weighted by atomic mass is 9.95. The number of aromatic nitrogens is 2. The second-order valence-electron chi connectivity index (χ2n) is 9.68. The van der Waals surface area contributed by atoms with E-state index in [1.807, 2.05) is 19.0 Å². The minimum Gasteiger partial charge on any atom is -0.507 e. The molecule has 40 heavy (non-hydrogen) atoms. The van der Waals surface area contributed by atoms with E-state index >= 15 is 0 Å². The molecule has 0 atom stereocenters. The van der Waals surface area contributed by atoms with Crippen LogP contribution in [0.25, 0.3) is 33.5 Å². The van der Waals surface area contributed by atoms with Gasteiger partial charge < -0.3 is 31.1 Å². The van der Waals surface area contributed by atoms with Crippen LogP contribution in [0.1, 0.15) is 17.5 Å². The fourth-order valence-corrected chi connectivity index (χ4v) is 4.81. The van der Waals surface area contributed by atoms with Crippen molar-refractivity contribution in [3.8, 4) is 34.0 Å². The first-order valence-corrected chi connectivity index (χ1v) is 13.9. The van der Waals surface area contributed by atoms with Crippen molar-refractivity contribution in [3.05, 3.63) is 59.7 Å². The lowest BCUT2D eigenvalue weighted by molar-refractivity contribution is -0.120. The van der Waals surface area contributed by atoms with Gasteiger partial charge in [-0.2, -0.15) is 0 Å². The number of hydrogen-bond acceptors (Lipinski definition) is 8. The van der Waals surface area contributed by atoms with Crippen LogP contribution in [0.15, 0.2) is 53.4 Å². The number of phenols is 2. The van der Waals surface area contributed by atoms with Gasteiger partial charge in [-0.05, 0) is 81.2 Å². The van der Waals surface area contributed by atoms with Gasteiger partial charge in [0.1, 0.15) is 23.2 Å². The van der Waals surface area contributed by atoms with Crippen LogP contribution in [0.5, 0.6) is 11.5 Å². The predicted molar refractivity (Wildman–Crippen MR) is 153 cm³/mol. The summed E-state index contributed by atoms with van der Waals surface area (Å²) >= 11 is 0. The van der Waals surface area contributed by atoms with E-state index in [0.29, 0.717) is 28.7 Å². The fraction of sp³-hybridized carbons (Fsp3) is 0.222. The van der Waals surface area contributed by atoms with Gasteiger partial charge >= 0.3 is 0 Å². The number of H-pyrrole nitrogens is 1. The van der Waals surface area contributed by atoms with Gasteiger partial charge in [0.05, 0.1) is 27.9 Å². The van der Waals surface area contributed by atoms with Crippen molar-refractivity contribution in [2.45, 2.75) is 17.7 Å². The van der Waals surface area contributed by atoms with Crippen LogP contribution in [0, 0.1) is 5.41 Å². The van der Waals surface area contributed by atoms with Crippen LogP contribution in [0.4, 0.5) is 0 Å². The molecule has 0 aliphatic rings. The standard InChI is InChI=1S/C27H31N7O5S/c1-34(2)9-3-8-31-24(36)12-15-10-19(18-14-17(40(30,38)39)5-7-23(18)35)25(37)20(11-15)27-32-21-6-4-16(26(28)29)13-22(21)33-27/h4-7,10-11,13-14,35,37H,3,8-9,12H2,1-2H3,(H3,28,29)(H,31,36)(H,32,33)(H2,30,38,39). The van der Waals surface area contributed by atoms with Gasteiger partial charge in [0, 0.05) is 23.2 Å². The van der Waals surface area contributed by atoms with E-state index in [4.69, 9.17) is 16.3 Å². The second-order valence-corrected chi connectivity index (χ2v) is 11.2. The molecule has 0 unspecified atom stereocenters. The zero-order valence-corrected chi connectivity index (χ0v) is 22.8. The number of aromatic amines is 1. The largest absolute Gasteiger partial charge is 0.507 e. The molecule has 9 N–H and O–H groups in total. The van der Waals surface area contributed by atoms with Crippen molar-refractivity contribution in [3.63, 3.8) is 0 Å². The number of amides is 1. The van der Waals surface area contributed by atoms with Gasteiger partial charge in [0.2, 0.25) is 15.9 Å². The predicted octanol–water partition coefficient (Wildman–Crippen LogP) is 1.85. The lowest BCUT2D eigenvalue weighted by Gasteiger charge is -2.15. The molecular weight excluding hydrogens is 534 g/mol. The van der Waals surface area contributed by atoms with E-state index in [9.17, 15) is 23.4 Å². The van der Waals surface area contributed by atoms with Crippen LogP contribution in [-0.4, -0.2) is 72.4 Å². The smallest absolute Gasteiger partial charge is 0.238 e. The summed E-state index contributed by atoms with van der Waals surface area (Å²) in [6, 6.07) is 11.6. The summed E-state index contributed by atoms with van der Waals surface area (Å²) in [7, 11) is -0.218. The molecule has 0 aliphatic heterocycles. The Morgan fingerprint density at radius 3 is 2.48 bits per heavy atom. The number of benzene rings is 3. The minimum absolute atomic E-state index is 0.00786. The van der Waals surface area contributed by atoms with E-state index in [-0.39, 0.29) is 57.1 Å². The van der Waals surface area contributed by atoms with E-state index in [1.54, 1.807) is 24.3 Å². The Morgan fingerprint density at radius 2 is 1.80 bits per heavy atom. The number of aromatic hydroxyl groups is 2. The molecule has 1 amide bonds. The maximum atomic E-state index is 12.7. The molecular formula is C27H31N7O5S. The number of phenolic OH excluding ortho intramolecular Hbond substituents is 2. The Kier molecular flexibility index (Phi) is 8.09. The molecule has 0 radical (unpaired) electrons. The second kappa shape index (κ2) is 11.3. The highest BCUT2D eigenvalue weighted by molar-refractivity contribution is 7.89. The normalized spacial score (nSPS) is 11.7. The average molecular weight is 566 g/mol. The topological polar surface area (TPSA) is 212 Å². The summed E-state index contributed by atoms with van der Waals surface area (Å²) in [4.78, 5) is 22.1. The van der Waals surface area contributed by atoms with E-state index in [2.05, 4.69) is 15.3 Å². The molecule has 0 bridgehead atoms. The summed E-state index contributed by atoms with van der Waals surface area (Å²) in [6.07, 6.45) is 0.715. The molecule has 3 aromatic carbocycles. The van der Waals surface area contributed by atoms with Crippen molar-refractivity contribution in [1.82, 2.24) is 20.2 Å². The van der Waals surface area contributed by atoms with E-state index in [1.165, 1.54) is 12.1 Å². The molecule has 0 aliphatic carbocycles. The molecule has 0 saturated carbocycles. The van der Waals surface area contributed by atoms with Crippen LogP contribution in [-0.2, 0) is 21.2 Å². The maximum absolute atomic E-state index is 12.7. The number of carbonyl (C=O) groups excluding carboxylic acids is 1. The molecule has 4 rings (SSSR count). The van der Waals surface area contributed by atoms with Gasteiger partial charge in [0.25, 0.3) is 0 Å². The number of sulfonamides is 1. The van der Waals surface area contributed by atoms with Crippen molar-refractivity contribution >= 4 is 32.8 Å². The number of carbonyl (C=O) groups is 1. The summed E-state index contributed by atoms with van der Waals surface area (Å²) in [6.45, 7) is 1.29. The molecule has 4 aromatic rings. The monoisotopic (exact) mass is 565 g/mol. The van der Waals surface area contributed by atoms with Crippen LogP contribution in [0.2, 0.25) is 0 Å². The molecule has 12 nitrogen and oxygen atoms in total. The van der Waals surface area contributed by atoms with Gasteiger partial charge in [-0.1, -0.05) is 0 Å². The fourth-order valence-electron chi connectivity index (χ4n) is 4.27. The Hall–Kier alpha value is -4.46. The summed E-state index contributed by atoms with van der Waals surface area (Å²) in [5.41, 5.74) is 7.99. The number of nitrogens with zero attached hydrogens (tertiary/aromatic N) is 2. The van der Waals surface area contributed by atoms with Crippen molar-refractivity contribution in [1.29, 1.82) is 5.41 Å². The summed E-state index contributed by atoms with van der Waals surface area (Å²) in [5.74, 6) is -0.714. The highest BCUT2D eigenvalue weighted by Crippen LogP contribution is 2.42. The third-order valence-corrected chi connectivity index (χ3v) is 7.18. The maximum Gasteiger partial charge on any atom is 0.238 e. The number of imidazole rings is 1. The third kappa shape index (κ3) is 6.39. The molecule has 0 fully saturated rings. The SMILES string of the molecule is CN(C)CCCNC(=O)Cc1cc(-c2nc3ccc(C(=N)N)cc3[nH]2)c(O)c(-c2cc(S(N)(=O)=O)ccc2O)c1. The van der Waals surface area contributed by atoms with Crippen molar-refractivity contribution in [2.75, 3.05) is 27.2 Å². The van der Waals surface area contributed by atoms with Gasteiger partial charge in [-0.25, -0.2) is 18.5 Å². The van der Waals surface area contributed by atoms with Crippen LogP contribution >= 0.6 is 0 Å². The first-order valence-electron chi connectivity index (χ1n) is 12.3. The van der Waals surface area contributed by atoms with E-state index in [0.717, 1.165) is 25.1 Å². The summed E-state index contributed by atoms with van der Waals surface area (Å²) in [5, 5.41) is 37.8. The molecule has 210 valence electrons. The third-order valence-electron chi connectivity index (χ3n) is 6.27. The summed E-state index contributed by atoms with van der Waals surface area (Å²) < 4.78 is 24.0. The van der Waals surface area contributed by atoms with Crippen molar-refractivity contribution in [2.24, 2.45) is 10.9 Å². The molecule has 13 heteroatoms. The average Bonchev–Trinajstić information content (AvgIpc) is 3.30. The first kappa shape index (κ1) is 28.5. The Bertz CT molecular complexity index is 1710. The zero-order valence-electron chi connectivity index (χ0n) is 22.0. The van der Waals surface area contributed by atoms with Gasteiger partial charge in [0.15, 0.2) is 0 Å². The number of hydrogen-bond donors (Lipinski definition) is 7. The van der Waals surface area contributed by atoms with Crippen molar-refractivity contribution < 1.29 is 23.4 Å². The highest BCUT2D eigenvalue weighted by atomic mass is 32.2. The lowest BCUT2D eigenvalue weighted by Crippen LogP contribution is -2.28. The Balaban J connectivity index is 1.82. The highest BCUT2D eigenvalue weighted by Gasteiger charge is 2.21. The molecule has 0 saturated heterocycles. The molecule has 1 aromatic heterocycles. The number of nitrogens with two attached hydrogens (primary N) is 2. The van der Waals surface area contributed by atoms with Gasteiger partial charge in [-0.15, -0.1) is 0 Å². The number of rotatable bonds is 10. The van der Waals surface area contributed by atoms with E-state index < -0.39 is 10.0 Å². The number of nitrogens with one attached hydrogen (secondary N) is 3. The number of nitrogen functional groups attached to an aromatic ring is 1. The number of fused-ring (bicyclic) bond motifs is 1. The quantitative estimate of drug-likeness (QED) is 0.0854. The minimum atomic E-state index is -4.11. The molecule has 0 spiro atoms. The van der Waals surface area contributed by atoms with Crippen LogP contribution in [0.3, 0.4) is 0 Å². The Labute approximate surface area is 231 Å². The molecule has 1 heterocycles. The zero-order chi connectivity index (χ0) is 29.2. The number of primary sulfonamides is 1. The Morgan fingerprint density at radius 1 is 1.07 bits per heavy atom. The first-order chi connectivity index (χ1) is 18.8. The van der Waals surface area contributed by atoms with Gasteiger partial charge in [-0.3, -0.25) is 10.2 Å².